The van der Waals surface area contributed by atoms with Gasteiger partial charge in [-0.05, 0) is 79.6 Å². The van der Waals surface area contributed by atoms with Crippen molar-refractivity contribution in [2.24, 2.45) is 22.7 Å². The first-order chi connectivity index (χ1) is 13.7. The first kappa shape index (κ1) is 20.9. The average Bonchev–Trinajstić information content (AvgIpc) is 3.04. The Labute approximate surface area is 175 Å². The third kappa shape index (κ3) is 3.63. The van der Waals surface area contributed by atoms with Crippen molar-refractivity contribution in [2.45, 2.75) is 84.5 Å². The fraction of sp³-hybridized carbons (Fsp3) is 0.720. The van der Waals surface area contributed by atoms with E-state index in [4.69, 9.17) is 9.47 Å². The molecule has 2 aliphatic carbocycles. The van der Waals surface area contributed by atoms with Gasteiger partial charge in [-0.1, -0.05) is 39.0 Å². The van der Waals surface area contributed by atoms with E-state index in [0.29, 0.717) is 29.4 Å². The van der Waals surface area contributed by atoms with Crippen molar-refractivity contribution < 1.29 is 19.4 Å². The SMILES string of the molecule is C=C1CCC[C@H]2[C@](C)(CCC3=CCC(C4=CC(=O)OC4O)OC3)[C@@H](C)CC[C@]12C. The maximum Gasteiger partial charge on any atom is 0.333 e. The summed E-state index contributed by atoms with van der Waals surface area (Å²) >= 11 is 0. The highest BCUT2D eigenvalue weighted by molar-refractivity contribution is 5.85. The molecule has 2 saturated carbocycles. The summed E-state index contributed by atoms with van der Waals surface area (Å²) in [6.07, 6.45) is 11.6. The van der Waals surface area contributed by atoms with Gasteiger partial charge < -0.3 is 14.6 Å². The smallest absolute Gasteiger partial charge is 0.333 e. The number of hydrogen-bond donors (Lipinski definition) is 1. The molecule has 4 aliphatic rings. The van der Waals surface area contributed by atoms with Gasteiger partial charge in [0.25, 0.3) is 0 Å². The Kier molecular flexibility index (Phi) is 5.54. The van der Waals surface area contributed by atoms with Crippen LogP contribution in [0.25, 0.3) is 0 Å². The second-order valence-electron chi connectivity index (χ2n) is 10.2. The number of cyclic esters (lactones) is 1. The quantitative estimate of drug-likeness (QED) is 0.528. The number of esters is 1. The van der Waals surface area contributed by atoms with Gasteiger partial charge >= 0.3 is 5.97 Å². The molecule has 2 heterocycles. The Morgan fingerprint density at radius 3 is 2.76 bits per heavy atom. The number of aliphatic hydroxyl groups excluding tert-OH is 1. The van der Waals surface area contributed by atoms with Crippen LogP contribution in [0.2, 0.25) is 0 Å². The van der Waals surface area contributed by atoms with Crippen molar-refractivity contribution in [2.75, 3.05) is 6.61 Å². The molecule has 29 heavy (non-hydrogen) atoms. The van der Waals surface area contributed by atoms with Crippen LogP contribution in [-0.2, 0) is 14.3 Å². The fourth-order valence-corrected chi connectivity index (χ4v) is 6.50. The molecule has 0 aromatic rings. The summed E-state index contributed by atoms with van der Waals surface area (Å²) in [7, 11) is 0. The lowest BCUT2D eigenvalue weighted by molar-refractivity contribution is -0.152. The highest BCUT2D eigenvalue weighted by Crippen LogP contribution is 2.62. The third-order valence-corrected chi connectivity index (χ3v) is 8.81. The van der Waals surface area contributed by atoms with E-state index in [1.54, 1.807) is 0 Å². The van der Waals surface area contributed by atoms with Crippen LogP contribution in [-0.4, -0.2) is 30.1 Å². The van der Waals surface area contributed by atoms with E-state index in [2.05, 4.69) is 33.4 Å². The standard InChI is InChI=1S/C25H36O4/c1-16-6-5-7-21-24(16,3)12-10-17(2)25(21,4)13-11-18-8-9-20(28-15-18)19-14-22(26)29-23(19)27/h8,14,17,20-21,23,27H,1,5-7,9-13,15H2,2-4H3/t17-,20?,21+,23?,24+,25+/m0/s1. The minimum atomic E-state index is -1.15. The number of rotatable bonds is 4. The van der Waals surface area contributed by atoms with Crippen LogP contribution in [0, 0.1) is 22.7 Å². The zero-order valence-corrected chi connectivity index (χ0v) is 18.2. The van der Waals surface area contributed by atoms with E-state index in [-0.39, 0.29) is 6.10 Å². The Hall–Kier alpha value is -1.39. The summed E-state index contributed by atoms with van der Waals surface area (Å²) in [4.78, 5) is 11.3. The third-order valence-electron chi connectivity index (χ3n) is 8.81. The van der Waals surface area contributed by atoms with Gasteiger partial charge in [0.2, 0.25) is 6.29 Å². The van der Waals surface area contributed by atoms with Gasteiger partial charge in [0.15, 0.2) is 0 Å². The highest BCUT2D eigenvalue weighted by atomic mass is 16.6. The molecule has 0 aromatic carbocycles. The molecule has 0 aromatic heterocycles. The number of ether oxygens (including phenoxy) is 2. The largest absolute Gasteiger partial charge is 0.429 e. The zero-order valence-electron chi connectivity index (χ0n) is 18.2. The number of hydrogen-bond acceptors (Lipinski definition) is 4. The lowest BCUT2D eigenvalue weighted by Gasteiger charge is -2.59. The van der Waals surface area contributed by atoms with Crippen molar-refractivity contribution in [1.82, 2.24) is 0 Å². The Bertz CT molecular complexity index is 750. The number of fused-ring (bicyclic) bond motifs is 1. The van der Waals surface area contributed by atoms with Gasteiger partial charge in [-0.3, -0.25) is 0 Å². The van der Waals surface area contributed by atoms with Crippen LogP contribution in [0.3, 0.4) is 0 Å². The molecule has 2 aliphatic heterocycles. The Morgan fingerprint density at radius 2 is 2.10 bits per heavy atom. The number of aliphatic hydroxyl groups is 1. The molecule has 2 fully saturated rings. The molecular formula is C25H36O4. The second kappa shape index (κ2) is 7.70. The number of carbonyl (C=O) groups excluding carboxylic acids is 1. The van der Waals surface area contributed by atoms with Crippen LogP contribution in [0.1, 0.15) is 72.1 Å². The maximum atomic E-state index is 11.3. The molecular weight excluding hydrogens is 364 g/mol. The summed E-state index contributed by atoms with van der Waals surface area (Å²) in [5, 5.41) is 9.85. The summed E-state index contributed by atoms with van der Waals surface area (Å²) in [6.45, 7) is 12.5. The normalized spacial score (nSPS) is 42.8. The molecule has 6 atom stereocenters. The van der Waals surface area contributed by atoms with E-state index < -0.39 is 12.3 Å². The van der Waals surface area contributed by atoms with Crippen LogP contribution in [0.5, 0.6) is 0 Å². The molecule has 0 radical (unpaired) electrons. The monoisotopic (exact) mass is 400 g/mol. The van der Waals surface area contributed by atoms with Gasteiger partial charge in [-0.2, -0.15) is 0 Å². The number of carbonyl (C=O) groups is 1. The van der Waals surface area contributed by atoms with Crippen molar-refractivity contribution in [3.05, 3.63) is 35.5 Å². The summed E-state index contributed by atoms with van der Waals surface area (Å²) in [5.41, 5.74) is 4.01. The lowest BCUT2D eigenvalue weighted by atomic mass is 9.46. The van der Waals surface area contributed by atoms with Crippen LogP contribution < -0.4 is 0 Å². The van der Waals surface area contributed by atoms with Gasteiger partial charge in [-0.25, -0.2) is 4.79 Å². The number of allylic oxidation sites excluding steroid dienone is 1. The van der Waals surface area contributed by atoms with Crippen LogP contribution in [0.15, 0.2) is 35.5 Å². The van der Waals surface area contributed by atoms with Crippen LogP contribution >= 0.6 is 0 Å². The van der Waals surface area contributed by atoms with E-state index in [1.807, 2.05) is 0 Å². The van der Waals surface area contributed by atoms with Crippen molar-refractivity contribution in [1.29, 1.82) is 0 Å². The Balaban J connectivity index is 1.42. The highest BCUT2D eigenvalue weighted by Gasteiger charge is 2.53. The molecule has 1 N–H and O–H groups in total. The second-order valence-corrected chi connectivity index (χ2v) is 10.2. The fourth-order valence-electron chi connectivity index (χ4n) is 6.50. The minimum absolute atomic E-state index is 0.255. The zero-order chi connectivity index (χ0) is 20.8. The summed E-state index contributed by atoms with van der Waals surface area (Å²) in [5.74, 6) is 0.966. The molecule has 4 nitrogen and oxygen atoms in total. The van der Waals surface area contributed by atoms with Crippen LogP contribution in [0.4, 0.5) is 0 Å². The topological polar surface area (TPSA) is 55.8 Å². The van der Waals surface area contributed by atoms with Crippen molar-refractivity contribution in [3.63, 3.8) is 0 Å². The van der Waals surface area contributed by atoms with E-state index in [1.165, 1.54) is 55.7 Å². The Morgan fingerprint density at radius 1 is 1.31 bits per heavy atom. The minimum Gasteiger partial charge on any atom is -0.429 e. The first-order valence-corrected chi connectivity index (χ1v) is 11.3. The molecule has 0 bridgehead atoms. The maximum absolute atomic E-state index is 11.3. The molecule has 0 amide bonds. The van der Waals surface area contributed by atoms with Gasteiger partial charge in [0, 0.05) is 11.6 Å². The summed E-state index contributed by atoms with van der Waals surface area (Å²) < 4.78 is 10.8. The molecule has 4 heteroatoms. The van der Waals surface area contributed by atoms with Crippen molar-refractivity contribution in [3.8, 4) is 0 Å². The molecule has 0 spiro atoms. The molecule has 0 saturated heterocycles. The van der Waals surface area contributed by atoms with E-state index in [0.717, 1.165) is 18.3 Å². The lowest BCUT2D eigenvalue weighted by Crippen LogP contribution is -2.50. The summed E-state index contributed by atoms with van der Waals surface area (Å²) in [6, 6.07) is 0. The van der Waals surface area contributed by atoms with E-state index in [9.17, 15) is 9.90 Å². The molecule has 160 valence electrons. The molecule has 4 rings (SSSR count). The molecule has 2 unspecified atom stereocenters. The van der Waals surface area contributed by atoms with Gasteiger partial charge in [0.1, 0.15) is 0 Å². The predicted octanol–water partition coefficient (Wildman–Crippen LogP) is 5.08. The average molecular weight is 401 g/mol. The van der Waals surface area contributed by atoms with E-state index >= 15 is 0 Å². The predicted molar refractivity (Wildman–Crippen MR) is 113 cm³/mol. The van der Waals surface area contributed by atoms with Gasteiger partial charge in [0.05, 0.1) is 12.7 Å². The van der Waals surface area contributed by atoms with Crippen molar-refractivity contribution >= 4 is 5.97 Å². The van der Waals surface area contributed by atoms with Gasteiger partial charge in [-0.15, -0.1) is 0 Å². The first-order valence-electron chi connectivity index (χ1n) is 11.3.